The van der Waals surface area contributed by atoms with Crippen LogP contribution in [0.25, 0.3) is 0 Å². The fourth-order valence-corrected chi connectivity index (χ4v) is 1.83. The topological polar surface area (TPSA) is 58.2 Å². The molecule has 6 heteroatoms. The Kier molecular flexibility index (Phi) is 3.03. The second kappa shape index (κ2) is 4.31. The van der Waals surface area contributed by atoms with Crippen molar-refractivity contribution in [3.05, 3.63) is 28.2 Å². The fourth-order valence-electron chi connectivity index (χ4n) is 1.47. The average Bonchev–Trinajstić information content (AvgIpc) is 2.53. The van der Waals surface area contributed by atoms with Crippen LogP contribution in [0.4, 0.5) is 5.69 Å². The van der Waals surface area contributed by atoms with E-state index in [0.717, 1.165) is 0 Å². The minimum atomic E-state index is -0.580. The van der Waals surface area contributed by atoms with Crippen molar-refractivity contribution in [2.75, 3.05) is 5.32 Å². The SMILES string of the molecule is O=C1CC(Nc2cccc(Cl)c2Cl)C(=O)N1. The van der Waals surface area contributed by atoms with E-state index in [4.69, 9.17) is 23.2 Å². The Morgan fingerprint density at radius 3 is 2.69 bits per heavy atom. The van der Waals surface area contributed by atoms with E-state index in [1.807, 2.05) is 0 Å². The molecular formula is C10H8Cl2N2O2. The largest absolute Gasteiger partial charge is 0.372 e. The van der Waals surface area contributed by atoms with E-state index in [9.17, 15) is 9.59 Å². The molecule has 1 saturated heterocycles. The zero-order chi connectivity index (χ0) is 11.7. The molecule has 1 aromatic rings. The van der Waals surface area contributed by atoms with Gasteiger partial charge in [0.25, 0.3) is 0 Å². The third kappa shape index (κ3) is 2.13. The van der Waals surface area contributed by atoms with Gasteiger partial charge in [-0.2, -0.15) is 0 Å². The molecule has 0 aliphatic carbocycles. The molecule has 1 aromatic carbocycles. The third-order valence-corrected chi connectivity index (χ3v) is 3.07. The first kappa shape index (κ1) is 11.2. The minimum Gasteiger partial charge on any atom is -0.372 e. The lowest BCUT2D eigenvalue weighted by Crippen LogP contribution is -2.30. The highest BCUT2D eigenvalue weighted by molar-refractivity contribution is 6.43. The summed E-state index contributed by atoms with van der Waals surface area (Å²) in [6.45, 7) is 0. The van der Waals surface area contributed by atoms with E-state index in [1.165, 1.54) is 0 Å². The van der Waals surface area contributed by atoms with Gasteiger partial charge in [0.05, 0.1) is 22.2 Å². The van der Waals surface area contributed by atoms with Crippen LogP contribution in [0, 0.1) is 0 Å². The molecule has 1 aliphatic rings. The quantitative estimate of drug-likeness (QED) is 0.796. The lowest BCUT2D eigenvalue weighted by molar-refractivity contribution is -0.124. The molecule has 1 unspecified atom stereocenters. The molecule has 84 valence electrons. The Labute approximate surface area is 102 Å². The molecule has 2 N–H and O–H groups in total. The number of amides is 2. The number of hydrogen-bond acceptors (Lipinski definition) is 3. The van der Waals surface area contributed by atoms with Crippen molar-refractivity contribution >= 4 is 40.7 Å². The molecule has 1 aliphatic heterocycles. The Morgan fingerprint density at radius 2 is 2.06 bits per heavy atom. The van der Waals surface area contributed by atoms with Crippen LogP contribution in [0.3, 0.4) is 0 Å². The number of hydrogen-bond donors (Lipinski definition) is 2. The average molecular weight is 259 g/mol. The van der Waals surface area contributed by atoms with Gasteiger partial charge in [-0.15, -0.1) is 0 Å². The number of carbonyl (C=O) groups excluding carboxylic acids is 2. The van der Waals surface area contributed by atoms with Gasteiger partial charge in [0.1, 0.15) is 6.04 Å². The first-order chi connectivity index (χ1) is 7.58. The smallest absolute Gasteiger partial charge is 0.249 e. The lowest BCUT2D eigenvalue weighted by atomic mass is 10.2. The maximum atomic E-state index is 11.3. The number of benzene rings is 1. The van der Waals surface area contributed by atoms with Crippen LogP contribution >= 0.6 is 23.2 Å². The summed E-state index contributed by atoms with van der Waals surface area (Å²) in [5.74, 6) is -0.637. The molecule has 4 nitrogen and oxygen atoms in total. The second-order valence-electron chi connectivity index (χ2n) is 3.41. The number of halogens is 2. The fraction of sp³-hybridized carbons (Fsp3) is 0.200. The van der Waals surface area contributed by atoms with Gasteiger partial charge >= 0.3 is 0 Å². The van der Waals surface area contributed by atoms with E-state index < -0.39 is 6.04 Å². The van der Waals surface area contributed by atoms with Gasteiger partial charge in [-0.05, 0) is 12.1 Å². The van der Waals surface area contributed by atoms with Gasteiger partial charge in [0.15, 0.2) is 0 Å². The lowest BCUT2D eigenvalue weighted by Gasteiger charge is -2.12. The maximum Gasteiger partial charge on any atom is 0.249 e. The second-order valence-corrected chi connectivity index (χ2v) is 4.20. The van der Waals surface area contributed by atoms with Crippen molar-refractivity contribution in [2.24, 2.45) is 0 Å². The van der Waals surface area contributed by atoms with Crippen LogP contribution in [0.15, 0.2) is 18.2 Å². The molecular weight excluding hydrogens is 251 g/mol. The van der Waals surface area contributed by atoms with Crippen molar-refractivity contribution in [3.63, 3.8) is 0 Å². The molecule has 1 atom stereocenters. The Hall–Kier alpha value is -1.26. The van der Waals surface area contributed by atoms with Crippen LogP contribution < -0.4 is 10.6 Å². The molecule has 0 bridgehead atoms. The van der Waals surface area contributed by atoms with Crippen molar-refractivity contribution < 1.29 is 9.59 Å². The number of rotatable bonds is 2. The summed E-state index contributed by atoms with van der Waals surface area (Å²) in [5.41, 5.74) is 0.545. The summed E-state index contributed by atoms with van der Waals surface area (Å²) in [7, 11) is 0. The molecule has 16 heavy (non-hydrogen) atoms. The van der Waals surface area contributed by atoms with Gasteiger partial charge in [-0.25, -0.2) is 0 Å². The summed E-state index contributed by atoms with van der Waals surface area (Å²) < 4.78 is 0. The van der Waals surface area contributed by atoms with E-state index in [0.29, 0.717) is 15.7 Å². The summed E-state index contributed by atoms with van der Waals surface area (Å²) >= 11 is 11.8. The third-order valence-electron chi connectivity index (χ3n) is 2.25. The molecule has 0 saturated carbocycles. The Bertz CT molecular complexity index is 462. The first-order valence-corrected chi connectivity index (χ1v) is 5.38. The zero-order valence-corrected chi connectivity index (χ0v) is 9.60. The van der Waals surface area contributed by atoms with Gasteiger partial charge in [-0.3, -0.25) is 14.9 Å². The number of anilines is 1. The van der Waals surface area contributed by atoms with E-state index in [1.54, 1.807) is 18.2 Å². The van der Waals surface area contributed by atoms with Crippen molar-refractivity contribution in [3.8, 4) is 0 Å². The molecule has 0 spiro atoms. The van der Waals surface area contributed by atoms with Crippen molar-refractivity contribution in [1.29, 1.82) is 0 Å². The Balaban J connectivity index is 2.18. The van der Waals surface area contributed by atoms with Crippen LogP contribution in [-0.2, 0) is 9.59 Å². The molecule has 0 radical (unpaired) electrons. The minimum absolute atomic E-state index is 0.113. The number of carbonyl (C=O) groups is 2. The zero-order valence-electron chi connectivity index (χ0n) is 8.09. The summed E-state index contributed by atoms with van der Waals surface area (Å²) in [4.78, 5) is 22.3. The molecule has 1 heterocycles. The molecule has 0 aromatic heterocycles. The van der Waals surface area contributed by atoms with Crippen LogP contribution in [0.1, 0.15) is 6.42 Å². The van der Waals surface area contributed by atoms with E-state index in [2.05, 4.69) is 10.6 Å². The molecule has 2 rings (SSSR count). The number of imide groups is 1. The van der Waals surface area contributed by atoms with Gasteiger partial charge in [0.2, 0.25) is 11.8 Å². The predicted octanol–water partition coefficient (Wildman–Crippen LogP) is 1.82. The Morgan fingerprint density at radius 1 is 1.31 bits per heavy atom. The van der Waals surface area contributed by atoms with Crippen LogP contribution in [0.5, 0.6) is 0 Å². The molecule has 1 fully saturated rings. The summed E-state index contributed by atoms with van der Waals surface area (Å²) in [5, 5.41) is 5.83. The van der Waals surface area contributed by atoms with E-state index in [-0.39, 0.29) is 18.2 Å². The monoisotopic (exact) mass is 258 g/mol. The van der Waals surface area contributed by atoms with Gasteiger partial charge in [0, 0.05) is 0 Å². The maximum absolute atomic E-state index is 11.3. The first-order valence-electron chi connectivity index (χ1n) is 4.62. The number of nitrogens with one attached hydrogen (secondary N) is 2. The highest BCUT2D eigenvalue weighted by Gasteiger charge is 2.30. The highest BCUT2D eigenvalue weighted by atomic mass is 35.5. The van der Waals surface area contributed by atoms with Crippen LogP contribution in [0.2, 0.25) is 10.0 Å². The standard InChI is InChI=1S/C10H8Cl2N2O2/c11-5-2-1-3-6(9(5)12)13-7-4-8(15)14-10(7)16/h1-3,7,13H,4H2,(H,14,15,16). The summed E-state index contributed by atoms with van der Waals surface area (Å²) in [6.07, 6.45) is 0.113. The normalized spacial score (nSPS) is 19.8. The highest BCUT2D eigenvalue weighted by Crippen LogP contribution is 2.30. The van der Waals surface area contributed by atoms with E-state index >= 15 is 0 Å². The molecule has 2 amide bonds. The summed E-state index contributed by atoms with van der Waals surface area (Å²) in [6, 6.07) is 4.48. The van der Waals surface area contributed by atoms with Gasteiger partial charge in [-0.1, -0.05) is 29.3 Å². The van der Waals surface area contributed by atoms with Crippen molar-refractivity contribution in [2.45, 2.75) is 12.5 Å². The van der Waals surface area contributed by atoms with Gasteiger partial charge < -0.3 is 5.32 Å². The van der Waals surface area contributed by atoms with Crippen LogP contribution in [-0.4, -0.2) is 17.9 Å². The van der Waals surface area contributed by atoms with Crippen molar-refractivity contribution in [1.82, 2.24) is 5.32 Å². The predicted molar refractivity (Wildman–Crippen MR) is 61.6 cm³/mol.